The van der Waals surface area contributed by atoms with Crippen LogP contribution in [0.3, 0.4) is 0 Å². The third-order valence-corrected chi connectivity index (χ3v) is 1.65. The van der Waals surface area contributed by atoms with Crippen LogP contribution in [0.4, 0.5) is 0 Å². The SMILES string of the molecule is C=C/C=c1/cccc/c1=C(/C)O.CC. The van der Waals surface area contributed by atoms with Gasteiger partial charge < -0.3 is 5.11 Å². The second-order valence-corrected chi connectivity index (χ2v) is 2.58. The van der Waals surface area contributed by atoms with Crippen molar-refractivity contribution in [2.75, 3.05) is 0 Å². The van der Waals surface area contributed by atoms with Crippen molar-refractivity contribution in [1.29, 1.82) is 0 Å². The quantitative estimate of drug-likeness (QED) is 0.720. The Morgan fingerprint density at radius 1 is 1.29 bits per heavy atom. The molecule has 76 valence electrons. The Morgan fingerprint density at radius 2 is 1.86 bits per heavy atom. The molecule has 0 radical (unpaired) electrons. The normalized spacial score (nSPS) is 12.6. The van der Waals surface area contributed by atoms with E-state index in [1.165, 1.54) is 0 Å². The molecule has 1 rings (SSSR count). The van der Waals surface area contributed by atoms with Gasteiger partial charge in [0.25, 0.3) is 0 Å². The highest BCUT2D eigenvalue weighted by Crippen LogP contribution is 1.79. The van der Waals surface area contributed by atoms with Crippen LogP contribution in [0.15, 0.2) is 36.9 Å². The van der Waals surface area contributed by atoms with Crippen molar-refractivity contribution in [3.8, 4) is 0 Å². The van der Waals surface area contributed by atoms with Crippen molar-refractivity contribution >= 4 is 11.8 Å². The zero-order valence-corrected chi connectivity index (χ0v) is 9.12. The van der Waals surface area contributed by atoms with Crippen LogP contribution >= 0.6 is 0 Å². The molecule has 0 aliphatic rings. The molecule has 0 saturated heterocycles. The van der Waals surface area contributed by atoms with Gasteiger partial charge in [0.2, 0.25) is 0 Å². The third-order valence-electron chi connectivity index (χ3n) is 1.65. The Balaban J connectivity index is 0.000000791. The highest BCUT2D eigenvalue weighted by Gasteiger charge is 1.86. The predicted molar refractivity (Wildman–Crippen MR) is 63.4 cm³/mol. The second-order valence-electron chi connectivity index (χ2n) is 2.58. The summed E-state index contributed by atoms with van der Waals surface area (Å²) in [6.45, 7) is 9.29. The summed E-state index contributed by atoms with van der Waals surface area (Å²) in [5.74, 6) is 0.337. The smallest absolute Gasteiger partial charge is 0.0969 e. The van der Waals surface area contributed by atoms with Crippen LogP contribution in [0, 0.1) is 0 Å². The molecule has 0 fully saturated rings. The Kier molecular flexibility index (Phi) is 6.21. The molecule has 0 aromatic heterocycles. The lowest BCUT2D eigenvalue weighted by molar-refractivity contribution is 0.498. The molecule has 0 heterocycles. The molecule has 0 atom stereocenters. The molecule has 0 saturated carbocycles. The standard InChI is InChI=1S/C11H12O.C2H6/c1-3-6-10-7-4-5-8-11(10)9(2)12;1-2/h3-8,12H,1H2,2H3;1-2H3/b10-6-,11-9+;. The Bertz CT molecular complexity index is 384. The maximum absolute atomic E-state index is 9.29. The first-order valence-corrected chi connectivity index (χ1v) is 4.83. The summed E-state index contributed by atoms with van der Waals surface area (Å²) in [6, 6.07) is 7.65. The van der Waals surface area contributed by atoms with Crippen molar-refractivity contribution in [3.63, 3.8) is 0 Å². The van der Waals surface area contributed by atoms with Crippen molar-refractivity contribution < 1.29 is 5.11 Å². The van der Waals surface area contributed by atoms with E-state index in [1.807, 2.05) is 44.2 Å². The van der Waals surface area contributed by atoms with Crippen LogP contribution in [0.5, 0.6) is 0 Å². The van der Waals surface area contributed by atoms with E-state index >= 15 is 0 Å². The molecule has 1 aromatic rings. The highest BCUT2D eigenvalue weighted by atomic mass is 16.3. The van der Waals surface area contributed by atoms with Crippen molar-refractivity contribution in [3.05, 3.63) is 47.4 Å². The topological polar surface area (TPSA) is 20.2 Å². The zero-order chi connectivity index (χ0) is 11.0. The van der Waals surface area contributed by atoms with Crippen LogP contribution < -0.4 is 10.4 Å². The molecular formula is C13H18O. The Hall–Kier alpha value is -1.50. The van der Waals surface area contributed by atoms with Gasteiger partial charge in [-0.2, -0.15) is 0 Å². The summed E-state index contributed by atoms with van der Waals surface area (Å²) < 4.78 is 0. The van der Waals surface area contributed by atoms with Crippen molar-refractivity contribution in [2.45, 2.75) is 20.8 Å². The lowest BCUT2D eigenvalue weighted by Crippen LogP contribution is -2.25. The predicted octanol–water partition coefficient (Wildman–Crippen LogP) is 2.37. The minimum Gasteiger partial charge on any atom is -0.512 e. The molecule has 0 bridgehead atoms. The van der Waals surface area contributed by atoms with Gasteiger partial charge in [-0.1, -0.05) is 56.8 Å². The van der Waals surface area contributed by atoms with Gasteiger partial charge in [-0.25, -0.2) is 0 Å². The first-order chi connectivity index (χ1) is 6.75. The van der Waals surface area contributed by atoms with Gasteiger partial charge in [0.05, 0.1) is 5.76 Å². The molecule has 1 aromatic carbocycles. The molecule has 0 aliphatic heterocycles. The van der Waals surface area contributed by atoms with E-state index in [4.69, 9.17) is 0 Å². The fourth-order valence-electron chi connectivity index (χ4n) is 1.10. The fraction of sp³-hybridized carbons (Fsp3) is 0.231. The van der Waals surface area contributed by atoms with Gasteiger partial charge in [-0.3, -0.25) is 0 Å². The minimum absolute atomic E-state index is 0.337. The van der Waals surface area contributed by atoms with Gasteiger partial charge in [-0.15, -0.1) is 0 Å². The lowest BCUT2D eigenvalue weighted by Gasteiger charge is -1.91. The van der Waals surface area contributed by atoms with Gasteiger partial charge in [0, 0.05) is 5.22 Å². The van der Waals surface area contributed by atoms with Gasteiger partial charge in [-0.05, 0) is 12.1 Å². The first kappa shape index (κ1) is 12.5. The molecule has 0 aliphatic carbocycles. The summed E-state index contributed by atoms with van der Waals surface area (Å²) in [7, 11) is 0. The fourth-order valence-corrected chi connectivity index (χ4v) is 1.10. The summed E-state index contributed by atoms with van der Waals surface area (Å²) in [5, 5.41) is 11.1. The van der Waals surface area contributed by atoms with Crippen LogP contribution in [-0.2, 0) is 0 Å². The summed E-state index contributed by atoms with van der Waals surface area (Å²) in [6.07, 6.45) is 3.58. The van der Waals surface area contributed by atoms with E-state index in [0.717, 1.165) is 10.4 Å². The van der Waals surface area contributed by atoms with Gasteiger partial charge >= 0.3 is 0 Å². The van der Waals surface area contributed by atoms with E-state index in [0.29, 0.717) is 5.76 Å². The first-order valence-electron chi connectivity index (χ1n) is 4.83. The molecular weight excluding hydrogens is 172 g/mol. The zero-order valence-electron chi connectivity index (χ0n) is 9.12. The number of allylic oxidation sites excluding steroid dienone is 1. The average Bonchev–Trinajstić information content (AvgIpc) is 2.22. The number of aliphatic hydroxyl groups excluding tert-OH is 1. The monoisotopic (exact) mass is 190 g/mol. The lowest BCUT2D eigenvalue weighted by atomic mass is 10.2. The van der Waals surface area contributed by atoms with E-state index in [-0.39, 0.29) is 0 Å². The van der Waals surface area contributed by atoms with Gasteiger partial charge in [0.1, 0.15) is 0 Å². The maximum atomic E-state index is 9.29. The molecule has 1 N–H and O–H groups in total. The minimum atomic E-state index is 0.337. The number of hydrogen-bond donors (Lipinski definition) is 1. The molecule has 0 amide bonds. The van der Waals surface area contributed by atoms with E-state index in [2.05, 4.69) is 6.58 Å². The summed E-state index contributed by atoms with van der Waals surface area (Å²) in [5.41, 5.74) is 0. The van der Waals surface area contributed by atoms with Gasteiger partial charge in [0.15, 0.2) is 0 Å². The van der Waals surface area contributed by atoms with Crippen molar-refractivity contribution in [2.24, 2.45) is 0 Å². The molecule has 1 heteroatoms. The summed E-state index contributed by atoms with van der Waals surface area (Å²) in [4.78, 5) is 0. The Labute approximate surface area is 85.7 Å². The second kappa shape index (κ2) is 6.96. The van der Waals surface area contributed by atoms with E-state index < -0.39 is 0 Å². The number of benzene rings is 1. The van der Waals surface area contributed by atoms with Crippen LogP contribution in [0.2, 0.25) is 0 Å². The molecule has 14 heavy (non-hydrogen) atoms. The van der Waals surface area contributed by atoms with Crippen LogP contribution in [-0.4, -0.2) is 5.11 Å². The van der Waals surface area contributed by atoms with E-state index in [1.54, 1.807) is 13.0 Å². The summed E-state index contributed by atoms with van der Waals surface area (Å²) >= 11 is 0. The number of rotatable bonds is 1. The molecule has 0 unspecified atom stereocenters. The number of aliphatic hydroxyl groups is 1. The Morgan fingerprint density at radius 3 is 2.36 bits per heavy atom. The number of hydrogen-bond acceptors (Lipinski definition) is 1. The average molecular weight is 190 g/mol. The third kappa shape index (κ3) is 3.48. The molecule has 0 spiro atoms. The van der Waals surface area contributed by atoms with Crippen LogP contribution in [0.1, 0.15) is 20.8 Å². The maximum Gasteiger partial charge on any atom is 0.0969 e. The molecule has 1 nitrogen and oxygen atoms in total. The highest BCUT2D eigenvalue weighted by molar-refractivity contribution is 5.40. The van der Waals surface area contributed by atoms with Crippen molar-refractivity contribution in [1.82, 2.24) is 0 Å². The largest absolute Gasteiger partial charge is 0.512 e. The van der Waals surface area contributed by atoms with E-state index in [9.17, 15) is 5.11 Å². The van der Waals surface area contributed by atoms with Crippen LogP contribution in [0.25, 0.3) is 11.8 Å².